The minimum absolute atomic E-state index is 0.0515. The number of benzene rings is 3. The van der Waals surface area contributed by atoms with Gasteiger partial charge in [-0.15, -0.1) is 0 Å². The molecule has 46 heavy (non-hydrogen) atoms. The van der Waals surface area contributed by atoms with Crippen LogP contribution < -0.4 is 5.32 Å². The molecule has 244 valence electrons. The van der Waals surface area contributed by atoms with E-state index >= 15 is 4.57 Å². The van der Waals surface area contributed by atoms with E-state index in [4.69, 9.17) is 14.0 Å². The number of carboxylic acids is 1. The molecule has 4 aliphatic carbocycles. The number of nitrogens with one attached hydrogen (secondary N) is 1. The molecule has 3 aromatic carbocycles. The van der Waals surface area contributed by atoms with Gasteiger partial charge >= 0.3 is 12.1 Å². The summed E-state index contributed by atoms with van der Waals surface area (Å²) in [6.07, 6.45) is 5.23. The van der Waals surface area contributed by atoms with Gasteiger partial charge in [0, 0.05) is 12.6 Å². The van der Waals surface area contributed by atoms with E-state index in [9.17, 15) is 14.7 Å². The first kappa shape index (κ1) is 32.5. The molecule has 4 saturated carbocycles. The summed E-state index contributed by atoms with van der Waals surface area (Å²) in [6.45, 7) is 0.160. The van der Waals surface area contributed by atoms with E-state index in [1.807, 2.05) is 91.0 Å². The number of carbonyl (C=O) groups excluding carboxylic acids is 1. The Kier molecular flexibility index (Phi) is 10.3. The molecule has 8 nitrogen and oxygen atoms in total. The number of alkyl carbamates (subject to hydrolysis) is 1. The van der Waals surface area contributed by atoms with E-state index in [0.29, 0.717) is 17.8 Å². The number of carboxylic acid groups (broad SMARTS) is 1. The van der Waals surface area contributed by atoms with Crippen molar-refractivity contribution in [3.8, 4) is 0 Å². The van der Waals surface area contributed by atoms with Crippen LogP contribution in [0.1, 0.15) is 55.2 Å². The van der Waals surface area contributed by atoms with Crippen LogP contribution in [0.25, 0.3) is 0 Å². The van der Waals surface area contributed by atoms with E-state index in [-0.39, 0.29) is 32.4 Å². The molecule has 0 radical (unpaired) electrons. The standard InChI is InChI=1S/C37H44NO7P/c39-35(40)33(25-43-23-28-12-6-2-7-13-28)26-46(42,45-37-20-30-16-31(21-37)18-32(17-30)22-37)34(19-27-10-4-1-5-11-27)38-36(41)44-24-29-14-8-3-9-15-29/h1-15,30-34H,16-26H2,(H,38,41)(H,39,40). The van der Waals surface area contributed by atoms with Crippen LogP contribution in [0.15, 0.2) is 91.0 Å². The van der Waals surface area contributed by atoms with Gasteiger partial charge in [-0.05, 0) is 73.0 Å². The number of hydrogen-bond acceptors (Lipinski definition) is 6. The average Bonchev–Trinajstić information content (AvgIpc) is 3.03. The third kappa shape index (κ3) is 8.28. The second-order valence-electron chi connectivity index (χ2n) is 13.5. The van der Waals surface area contributed by atoms with Gasteiger partial charge in [-0.3, -0.25) is 9.36 Å². The van der Waals surface area contributed by atoms with Gasteiger partial charge < -0.3 is 24.4 Å². The van der Waals surface area contributed by atoms with E-state index < -0.39 is 36.7 Å². The molecule has 0 aliphatic heterocycles. The first-order valence-corrected chi connectivity index (χ1v) is 18.3. The number of aliphatic carboxylic acids is 1. The highest BCUT2D eigenvalue weighted by Gasteiger charge is 2.55. The van der Waals surface area contributed by atoms with Gasteiger partial charge in [0.1, 0.15) is 12.4 Å². The van der Waals surface area contributed by atoms with Crippen LogP contribution in [0.4, 0.5) is 4.79 Å². The quantitative estimate of drug-likeness (QED) is 0.163. The summed E-state index contributed by atoms with van der Waals surface area (Å²) in [4.78, 5) is 26.0. The molecule has 3 unspecified atom stereocenters. The van der Waals surface area contributed by atoms with Crippen molar-refractivity contribution in [3.63, 3.8) is 0 Å². The molecule has 1 amide bonds. The largest absolute Gasteiger partial charge is 0.481 e. The number of carbonyl (C=O) groups is 2. The Morgan fingerprint density at radius 1 is 0.783 bits per heavy atom. The maximum atomic E-state index is 15.5. The van der Waals surface area contributed by atoms with Crippen LogP contribution in [-0.4, -0.2) is 41.3 Å². The summed E-state index contributed by atoms with van der Waals surface area (Å²) < 4.78 is 34.0. The number of amides is 1. The Hall–Kier alpha value is -3.45. The number of rotatable bonds is 15. The summed E-state index contributed by atoms with van der Waals surface area (Å²) in [5.74, 6) is -1.60. The lowest BCUT2D eigenvalue weighted by atomic mass is 9.54. The monoisotopic (exact) mass is 645 g/mol. The minimum Gasteiger partial charge on any atom is -0.481 e. The molecule has 7 rings (SSSR count). The Labute approximate surface area is 271 Å². The normalized spacial score (nSPS) is 25.7. The molecule has 3 atom stereocenters. The fraction of sp³-hybridized carbons (Fsp3) is 0.459. The van der Waals surface area contributed by atoms with Crippen molar-refractivity contribution in [2.45, 2.75) is 69.5 Å². The lowest BCUT2D eigenvalue weighted by molar-refractivity contribution is -0.143. The van der Waals surface area contributed by atoms with Gasteiger partial charge in [0.25, 0.3) is 0 Å². The molecule has 9 heteroatoms. The van der Waals surface area contributed by atoms with Gasteiger partial charge in [0.2, 0.25) is 7.37 Å². The van der Waals surface area contributed by atoms with Crippen LogP contribution in [0.5, 0.6) is 0 Å². The highest BCUT2D eigenvalue weighted by Crippen LogP contribution is 2.65. The first-order valence-electron chi connectivity index (χ1n) is 16.4. The Morgan fingerprint density at radius 3 is 1.80 bits per heavy atom. The molecule has 0 heterocycles. The Balaban J connectivity index is 1.27. The summed E-state index contributed by atoms with van der Waals surface area (Å²) in [6, 6.07) is 28.4. The molecule has 4 bridgehead atoms. The predicted octanol–water partition coefficient (Wildman–Crippen LogP) is 7.66. The van der Waals surface area contributed by atoms with E-state index in [1.165, 1.54) is 19.3 Å². The van der Waals surface area contributed by atoms with Crippen molar-refractivity contribution in [2.24, 2.45) is 23.7 Å². The number of hydrogen-bond donors (Lipinski definition) is 2. The maximum absolute atomic E-state index is 15.5. The summed E-state index contributed by atoms with van der Waals surface area (Å²) >= 11 is 0. The predicted molar refractivity (Wildman–Crippen MR) is 175 cm³/mol. The highest BCUT2D eigenvalue weighted by molar-refractivity contribution is 7.59. The second-order valence-corrected chi connectivity index (χ2v) is 16.2. The van der Waals surface area contributed by atoms with Crippen molar-refractivity contribution >= 4 is 19.4 Å². The SMILES string of the molecule is O=C(NC(Cc1ccccc1)P(=O)(CC(COCc1ccccc1)C(=O)O)OC12CC3CC(CC(C3)C1)C2)OCc1ccccc1. The molecular weight excluding hydrogens is 601 g/mol. The van der Waals surface area contributed by atoms with Gasteiger partial charge in [-0.25, -0.2) is 4.79 Å². The van der Waals surface area contributed by atoms with E-state index in [0.717, 1.165) is 36.0 Å². The molecule has 4 aliphatic rings. The Bertz CT molecular complexity index is 1460. The topological polar surface area (TPSA) is 111 Å². The van der Waals surface area contributed by atoms with Gasteiger partial charge in [-0.2, -0.15) is 0 Å². The van der Waals surface area contributed by atoms with Crippen molar-refractivity contribution in [2.75, 3.05) is 12.8 Å². The molecule has 0 saturated heterocycles. The van der Waals surface area contributed by atoms with Crippen LogP contribution in [-0.2, 0) is 43.0 Å². The molecule has 2 N–H and O–H groups in total. The fourth-order valence-corrected chi connectivity index (χ4v) is 11.1. The zero-order valence-corrected chi connectivity index (χ0v) is 27.1. The first-order chi connectivity index (χ1) is 22.3. The van der Waals surface area contributed by atoms with Gasteiger partial charge in [-0.1, -0.05) is 91.0 Å². The summed E-state index contributed by atoms with van der Waals surface area (Å²) in [7, 11) is -3.89. The third-order valence-corrected chi connectivity index (χ3v) is 12.7. The third-order valence-electron chi connectivity index (χ3n) is 9.83. The van der Waals surface area contributed by atoms with Gasteiger partial charge in [0.15, 0.2) is 0 Å². The molecule has 0 spiro atoms. The minimum atomic E-state index is -3.89. The summed E-state index contributed by atoms with van der Waals surface area (Å²) in [5.41, 5.74) is 2.02. The fourth-order valence-electron chi connectivity index (χ4n) is 8.13. The van der Waals surface area contributed by atoms with E-state index in [2.05, 4.69) is 5.32 Å². The second kappa shape index (κ2) is 14.5. The summed E-state index contributed by atoms with van der Waals surface area (Å²) in [5, 5.41) is 13.3. The highest BCUT2D eigenvalue weighted by atomic mass is 31.2. The molecular formula is C37H44NO7P. The molecule has 4 fully saturated rings. The lowest BCUT2D eigenvalue weighted by Gasteiger charge is -2.57. The zero-order valence-electron chi connectivity index (χ0n) is 26.2. The van der Waals surface area contributed by atoms with Crippen molar-refractivity contribution in [1.82, 2.24) is 5.32 Å². The zero-order chi connectivity index (χ0) is 32.0. The van der Waals surface area contributed by atoms with Crippen LogP contribution in [0.3, 0.4) is 0 Å². The number of ether oxygens (including phenoxy) is 2. The van der Waals surface area contributed by atoms with Gasteiger partial charge in [0.05, 0.1) is 24.7 Å². The Morgan fingerprint density at radius 2 is 1.28 bits per heavy atom. The molecule has 3 aromatic rings. The van der Waals surface area contributed by atoms with Crippen molar-refractivity contribution < 1.29 is 33.3 Å². The smallest absolute Gasteiger partial charge is 0.408 e. The lowest BCUT2D eigenvalue weighted by Crippen LogP contribution is -2.52. The van der Waals surface area contributed by atoms with Crippen LogP contribution in [0, 0.1) is 23.7 Å². The molecule has 0 aromatic heterocycles. The maximum Gasteiger partial charge on any atom is 0.408 e. The van der Waals surface area contributed by atoms with Crippen LogP contribution in [0.2, 0.25) is 0 Å². The average molecular weight is 646 g/mol. The van der Waals surface area contributed by atoms with Crippen LogP contribution >= 0.6 is 7.37 Å². The van der Waals surface area contributed by atoms with E-state index in [1.54, 1.807) is 0 Å². The van der Waals surface area contributed by atoms with Crippen molar-refractivity contribution in [3.05, 3.63) is 108 Å². The van der Waals surface area contributed by atoms with Crippen molar-refractivity contribution in [1.29, 1.82) is 0 Å².